The molecule has 1 saturated carbocycles. The summed E-state index contributed by atoms with van der Waals surface area (Å²) in [7, 11) is 0. The molecule has 0 amide bonds. The first-order chi connectivity index (χ1) is 9.66. The van der Waals surface area contributed by atoms with Crippen molar-refractivity contribution in [2.75, 3.05) is 5.73 Å². The van der Waals surface area contributed by atoms with Gasteiger partial charge in [-0.1, -0.05) is 32.9 Å². The smallest absolute Gasteiger partial charge is 0.175 e. The van der Waals surface area contributed by atoms with Crippen molar-refractivity contribution in [3.63, 3.8) is 0 Å². The fraction of sp³-hybridized carbons (Fsp3) is 0.438. The monoisotopic (exact) mass is 292 g/mol. The van der Waals surface area contributed by atoms with E-state index in [9.17, 15) is 8.78 Å². The van der Waals surface area contributed by atoms with Crippen molar-refractivity contribution in [1.29, 1.82) is 0 Å². The number of aromatic nitrogens is 1. The zero-order valence-corrected chi connectivity index (χ0v) is 12.5. The molecule has 5 heteroatoms. The topological polar surface area (TPSA) is 52.0 Å². The molecule has 0 radical (unpaired) electrons. The Hall–Kier alpha value is -1.91. The Kier molecular flexibility index (Phi) is 2.71. The molecule has 0 aliphatic heterocycles. The molecule has 3 nitrogen and oxygen atoms in total. The molecule has 0 spiro atoms. The van der Waals surface area contributed by atoms with Crippen molar-refractivity contribution in [3.8, 4) is 11.1 Å². The summed E-state index contributed by atoms with van der Waals surface area (Å²) in [6.07, 6.45) is 0. The lowest BCUT2D eigenvalue weighted by Gasteiger charge is -2.05. The predicted octanol–water partition coefficient (Wildman–Crippen LogP) is 4.35. The third kappa shape index (κ3) is 1.87. The molecule has 2 aromatic rings. The molecule has 1 aromatic carbocycles. The zero-order valence-electron chi connectivity index (χ0n) is 12.5. The minimum Gasteiger partial charge on any atom is -0.380 e. The highest BCUT2D eigenvalue weighted by molar-refractivity contribution is 5.77. The van der Waals surface area contributed by atoms with Crippen LogP contribution in [0.3, 0.4) is 0 Å². The SMILES string of the molecule is CC1(C)C(c2onc(N)c2-c2cc(F)cc(F)c2)C1(C)C. The Bertz CT molecular complexity index is 685. The predicted molar refractivity (Wildman–Crippen MR) is 76.6 cm³/mol. The van der Waals surface area contributed by atoms with Gasteiger partial charge >= 0.3 is 0 Å². The van der Waals surface area contributed by atoms with Gasteiger partial charge in [-0.15, -0.1) is 0 Å². The van der Waals surface area contributed by atoms with Crippen LogP contribution in [0.5, 0.6) is 0 Å². The first kappa shape index (κ1) is 14.0. The summed E-state index contributed by atoms with van der Waals surface area (Å²) in [4.78, 5) is 0. The number of rotatable bonds is 2. The van der Waals surface area contributed by atoms with Crippen LogP contribution in [0.4, 0.5) is 14.6 Å². The van der Waals surface area contributed by atoms with Crippen molar-refractivity contribution in [1.82, 2.24) is 5.16 Å². The van der Waals surface area contributed by atoms with Crippen LogP contribution in [0.15, 0.2) is 22.7 Å². The van der Waals surface area contributed by atoms with Gasteiger partial charge in [-0.25, -0.2) is 8.78 Å². The average Bonchev–Trinajstić information content (AvgIpc) is 2.63. The van der Waals surface area contributed by atoms with E-state index >= 15 is 0 Å². The second kappa shape index (κ2) is 4.06. The molecule has 2 N–H and O–H groups in total. The van der Waals surface area contributed by atoms with Gasteiger partial charge in [0.25, 0.3) is 0 Å². The van der Waals surface area contributed by atoms with Crippen molar-refractivity contribution in [2.45, 2.75) is 33.6 Å². The number of halogens is 2. The number of benzene rings is 1. The van der Waals surface area contributed by atoms with E-state index in [2.05, 4.69) is 32.9 Å². The number of hydrogen-bond acceptors (Lipinski definition) is 3. The standard InChI is InChI=1S/C16H18F2N2O/c1-15(2)13(16(15,3)4)12-11(14(19)20-21-12)8-5-9(17)7-10(18)6-8/h5-7,13H,1-4H3,(H2,19,20). The Morgan fingerprint density at radius 2 is 1.57 bits per heavy atom. The molecule has 0 atom stereocenters. The van der Waals surface area contributed by atoms with E-state index in [1.165, 1.54) is 12.1 Å². The summed E-state index contributed by atoms with van der Waals surface area (Å²) in [6.45, 7) is 8.53. The minimum atomic E-state index is -0.647. The first-order valence-corrected chi connectivity index (χ1v) is 6.88. The molecule has 1 fully saturated rings. The lowest BCUT2D eigenvalue weighted by Crippen LogP contribution is -1.95. The van der Waals surface area contributed by atoms with E-state index in [4.69, 9.17) is 10.3 Å². The Balaban J connectivity index is 2.15. The van der Waals surface area contributed by atoms with Gasteiger partial charge in [0.05, 0.1) is 5.56 Å². The summed E-state index contributed by atoms with van der Waals surface area (Å²) < 4.78 is 32.3. The van der Waals surface area contributed by atoms with Gasteiger partial charge < -0.3 is 10.3 Å². The minimum absolute atomic E-state index is 0.0135. The van der Waals surface area contributed by atoms with E-state index in [0.29, 0.717) is 16.9 Å². The lowest BCUT2D eigenvalue weighted by molar-refractivity contribution is 0.374. The summed E-state index contributed by atoms with van der Waals surface area (Å²) in [5.41, 5.74) is 6.75. The molecule has 112 valence electrons. The van der Waals surface area contributed by atoms with Crippen molar-refractivity contribution in [3.05, 3.63) is 35.6 Å². The fourth-order valence-corrected chi connectivity index (χ4v) is 3.35. The van der Waals surface area contributed by atoms with Gasteiger partial charge in [0.1, 0.15) is 11.6 Å². The van der Waals surface area contributed by atoms with Gasteiger partial charge in [0.15, 0.2) is 11.6 Å². The van der Waals surface area contributed by atoms with Crippen LogP contribution in [0.1, 0.15) is 39.4 Å². The van der Waals surface area contributed by atoms with E-state index in [0.717, 1.165) is 6.07 Å². The Labute approximate surface area is 122 Å². The van der Waals surface area contributed by atoms with Crippen LogP contribution in [-0.2, 0) is 0 Å². The van der Waals surface area contributed by atoms with E-state index in [1.807, 2.05) is 0 Å². The highest BCUT2D eigenvalue weighted by Gasteiger charge is 2.67. The third-order valence-corrected chi connectivity index (χ3v) is 5.18. The normalized spacial score (nSPS) is 19.7. The summed E-state index contributed by atoms with van der Waals surface area (Å²) in [5.74, 6) is -0.422. The number of nitrogen functional groups attached to an aromatic ring is 1. The maximum Gasteiger partial charge on any atom is 0.175 e. The highest BCUT2D eigenvalue weighted by Crippen LogP contribution is 2.74. The molecule has 0 bridgehead atoms. The van der Waals surface area contributed by atoms with E-state index in [-0.39, 0.29) is 22.6 Å². The Morgan fingerprint density at radius 1 is 1.05 bits per heavy atom. The number of hydrogen-bond donors (Lipinski definition) is 1. The van der Waals surface area contributed by atoms with Gasteiger partial charge in [-0.2, -0.15) is 0 Å². The molecule has 1 heterocycles. The second-order valence-corrected chi connectivity index (χ2v) is 6.84. The quantitative estimate of drug-likeness (QED) is 0.895. The third-order valence-electron chi connectivity index (χ3n) is 5.18. The largest absolute Gasteiger partial charge is 0.380 e. The molecule has 0 unspecified atom stereocenters. The van der Waals surface area contributed by atoms with Crippen LogP contribution >= 0.6 is 0 Å². The van der Waals surface area contributed by atoms with Crippen LogP contribution < -0.4 is 5.73 Å². The maximum absolute atomic E-state index is 13.5. The summed E-state index contributed by atoms with van der Waals surface area (Å²) in [5, 5.41) is 3.80. The molecular weight excluding hydrogens is 274 g/mol. The zero-order chi connectivity index (χ0) is 15.6. The van der Waals surface area contributed by atoms with Crippen LogP contribution in [-0.4, -0.2) is 5.16 Å². The van der Waals surface area contributed by atoms with Crippen molar-refractivity contribution >= 4 is 5.82 Å². The van der Waals surface area contributed by atoms with Gasteiger partial charge in [-0.05, 0) is 28.5 Å². The van der Waals surface area contributed by atoms with Crippen molar-refractivity contribution in [2.24, 2.45) is 10.8 Å². The number of nitrogens with two attached hydrogens (primary N) is 1. The van der Waals surface area contributed by atoms with Crippen LogP contribution in [0.25, 0.3) is 11.1 Å². The van der Waals surface area contributed by atoms with Crippen molar-refractivity contribution < 1.29 is 13.3 Å². The fourth-order valence-electron chi connectivity index (χ4n) is 3.35. The van der Waals surface area contributed by atoms with Gasteiger partial charge in [0.2, 0.25) is 0 Å². The van der Waals surface area contributed by atoms with E-state index < -0.39 is 11.6 Å². The number of anilines is 1. The maximum atomic E-state index is 13.5. The average molecular weight is 292 g/mol. The molecule has 21 heavy (non-hydrogen) atoms. The molecule has 1 aliphatic carbocycles. The molecule has 3 rings (SSSR count). The van der Waals surface area contributed by atoms with Gasteiger partial charge in [0, 0.05) is 12.0 Å². The highest BCUT2D eigenvalue weighted by atomic mass is 19.1. The Morgan fingerprint density at radius 3 is 2.05 bits per heavy atom. The van der Waals surface area contributed by atoms with E-state index in [1.54, 1.807) is 0 Å². The number of nitrogens with zero attached hydrogens (tertiary/aromatic N) is 1. The summed E-state index contributed by atoms with van der Waals surface area (Å²) >= 11 is 0. The molecule has 1 aliphatic rings. The second-order valence-electron chi connectivity index (χ2n) is 6.84. The van der Waals surface area contributed by atoms with Gasteiger partial charge in [-0.3, -0.25) is 0 Å². The molecule has 1 aromatic heterocycles. The van der Waals surface area contributed by atoms with Crippen LogP contribution in [0, 0.1) is 22.5 Å². The first-order valence-electron chi connectivity index (χ1n) is 6.88. The van der Waals surface area contributed by atoms with Crippen LogP contribution in [0.2, 0.25) is 0 Å². The molecule has 0 saturated heterocycles. The molecular formula is C16H18F2N2O. The summed E-state index contributed by atoms with van der Waals surface area (Å²) in [6, 6.07) is 3.33. The lowest BCUT2D eigenvalue weighted by atomic mass is 10.00.